The highest BCUT2D eigenvalue weighted by molar-refractivity contribution is 5.75. The van der Waals surface area contributed by atoms with Gasteiger partial charge in [-0.2, -0.15) is 0 Å². The van der Waals surface area contributed by atoms with Crippen LogP contribution in [0.25, 0.3) is 0 Å². The highest BCUT2D eigenvalue weighted by Crippen LogP contribution is 2.33. The first-order valence-corrected chi connectivity index (χ1v) is 9.69. The van der Waals surface area contributed by atoms with Crippen LogP contribution in [-0.4, -0.2) is 47.2 Å². The minimum atomic E-state index is -0.808. The number of carboxylic acids is 1. The van der Waals surface area contributed by atoms with Crippen LogP contribution in [0.1, 0.15) is 57.7 Å². The topological polar surface area (TPSA) is 81.7 Å². The number of aliphatic carboxylic acids is 1. The molecule has 1 aromatic rings. The number of urea groups is 1. The fourth-order valence-corrected chi connectivity index (χ4v) is 3.68. The Bertz CT molecular complexity index is 663. The van der Waals surface area contributed by atoms with E-state index < -0.39 is 5.97 Å². The van der Waals surface area contributed by atoms with Crippen molar-refractivity contribution in [2.75, 3.05) is 13.1 Å². The lowest BCUT2D eigenvalue weighted by atomic mass is 9.82. The zero-order valence-electron chi connectivity index (χ0n) is 17.1. The Labute approximate surface area is 162 Å². The monoisotopic (exact) mass is 375 g/mol. The molecule has 0 heterocycles. The summed E-state index contributed by atoms with van der Waals surface area (Å²) in [5.41, 5.74) is 2.15. The number of amides is 2. The molecule has 0 aromatic heterocycles. The van der Waals surface area contributed by atoms with Crippen LogP contribution in [-0.2, 0) is 4.79 Å². The predicted molar refractivity (Wildman–Crippen MR) is 107 cm³/mol. The highest BCUT2D eigenvalue weighted by atomic mass is 16.4. The van der Waals surface area contributed by atoms with E-state index in [1.807, 2.05) is 24.0 Å². The number of carbonyl (C=O) groups is 2. The van der Waals surface area contributed by atoms with Gasteiger partial charge in [0.05, 0.1) is 12.6 Å². The van der Waals surface area contributed by atoms with Crippen molar-refractivity contribution in [3.8, 4) is 0 Å². The summed E-state index contributed by atoms with van der Waals surface area (Å²) in [6.07, 6.45) is 1.58. The van der Waals surface area contributed by atoms with E-state index in [0.717, 1.165) is 18.4 Å². The van der Waals surface area contributed by atoms with E-state index in [-0.39, 0.29) is 36.1 Å². The molecule has 0 radical (unpaired) electrons. The molecule has 1 fully saturated rings. The summed E-state index contributed by atoms with van der Waals surface area (Å²) in [6.45, 7) is 11.1. The third-order valence-electron chi connectivity index (χ3n) is 5.23. The molecule has 1 saturated carbocycles. The molecule has 6 heteroatoms. The Kier molecular flexibility index (Phi) is 6.87. The molecule has 1 atom stereocenters. The lowest BCUT2D eigenvalue weighted by molar-refractivity contribution is -0.139. The zero-order chi connectivity index (χ0) is 20.2. The molecule has 0 saturated heterocycles. The first kappa shape index (κ1) is 21.2. The quantitative estimate of drug-likeness (QED) is 0.683. The van der Waals surface area contributed by atoms with E-state index in [1.165, 1.54) is 5.56 Å². The van der Waals surface area contributed by atoms with E-state index in [9.17, 15) is 9.59 Å². The smallest absolute Gasteiger partial charge is 0.317 e. The van der Waals surface area contributed by atoms with Crippen LogP contribution in [0.2, 0.25) is 0 Å². The summed E-state index contributed by atoms with van der Waals surface area (Å²) in [5.74, 6) is -0.808. The number of likely N-dealkylation sites (N-methyl/N-ethyl adjacent to an activating group) is 1. The summed E-state index contributed by atoms with van der Waals surface area (Å²) in [6, 6.07) is 8.29. The summed E-state index contributed by atoms with van der Waals surface area (Å²) in [5, 5.41) is 15.2. The lowest BCUT2D eigenvalue weighted by Crippen LogP contribution is -2.57. The van der Waals surface area contributed by atoms with Gasteiger partial charge < -0.3 is 15.7 Å². The summed E-state index contributed by atoms with van der Waals surface area (Å²) < 4.78 is 0. The molecule has 1 aliphatic carbocycles. The zero-order valence-corrected chi connectivity index (χ0v) is 17.1. The van der Waals surface area contributed by atoms with Crippen LogP contribution in [0, 0.1) is 12.3 Å². The second-order valence-corrected chi connectivity index (χ2v) is 8.61. The van der Waals surface area contributed by atoms with Crippen molar-refractivity contribution in [1.29, 1.82) is 0 Å². The van der Waals surface area contributed by atoms with Crippen LogP contribution >= 0.6 is 0 Å². The van der Waals surface area contributed by atoms with Gasteiger partial charge in [-0.15, -0.1) is 0 Å². The molecule has 2 amide bonds. The van der Waals surface area contributed by atoms with E-state index in [4.69, 9.17) is 5.11 Å². The van der Waals surface area contributed by atoms with Gasteiger partial charge in [-0.25, -0.2) is 4.79 Å². The molecule has 1 aromatic carbocycles. The Morgan fingerprint density at radius 1 is 1.30 bits per heavy atom. The fraction of sp³-hybridized carbons (Fsp3) is 0.619. The number of hydrogen-bond acceptors (Lipinski definition) is 3. The van der Waals surface area contributed by atoms with Crippen LogP contribution in [0.15, 0.2) is 24.3 Å². The van der Waals surface area contributed by atoms with Crippen molar-refractivity contribution in [1.82, 2.24) is 15.5 Å². The summed E-state index contributed by atoms with van der Waals surface area (Å²) >= 11 is 0. The van der Waals surface area contributed by atoms with Crippen molar-refractivity contribution >= 4 is 12.0 Å². The molecule has 1 unspecified atom stereocenters. The maximum absolute atomic E-state index is 12.6. The third kappa shape index (κ3) is 5.96. The Morgan fingerprint density at radius 2 is 1.96 bits per heavy atom. The van der Waals surface area contributed by atoms with Gasteiger partial charge in [-0.1, -0.05) is 57.5 Å². The second-order valence-electron chi connectivity index (χ2n) is 8.61. The van der Waals surface area contributed by atoms with E-state index in [2.05, 4.69) is 50.5 Å². The molecule has 0 bridgehead atoms. The minimum Gasteiger partial charge on any atom is -0.480 e. The van der Waals surface area contributed by atoms with Gasteiger partial charge in [0.2, 0.25) is 0 Å². The Balaban J connectivity index is 1.91. The number of benzene rings is 1. The van der Waals surface area contributed by atoms with Crippen LogP contribution < -0.4 is 10.6 Å². The van der Waals surface area contributed by atoms with E-state index in [1.54, 1.807) is 0 Å². The number of nitrogens with one attached hydrogen (secondary N) is 2. The number of carbonyl (C=O) groups excluding carboxylic acids is 1. The first-order valence-electron chi connectivity index (χ1n) is 9.69. The maximum Gasteiger partial charge on any atom is 0.317 e. The number of hydrogen-bond donors (Lipinski definition) is 3. The van der Waals surface area contributed by atoms with Crippen LogP contribution in [0.5, 0.6) is 0 Å². The van der Waals surface area contributed by atoms with E-state index in [0.29, 0.717) is 6.54 Å². The predicted octanol–water partition coefficient (Wildman–Crippen LogP) is 3.32. The van der Waals surface area contributed by atoms with Crippen molar-refractivity contribution in [2.45, 2.75) is 65.6 Å². The molecule has 150 valence electrons. The molecular formula is C21H33N3O3. The average Bonchev–Trinajstić information content (AvgIpc) is 2.52. The van der Waals surface area contributed by atoms with Crippen LogP contribution in [0.3, 0.4) is 0 Å². The van der Waals surface area contributed by atoms with Gasteiger partial charge in [0.25, 0.3) is 0 Å². The van der Waals surface area contributed by atoms with Crippen molar-refractivity contribution in [3.05, 3.63) is 35.4 Å². The second kappa shape index (κ2) is 8.74. The normalized spacial score (nSPS) is 20.7. The van der Waals surface area contributed by atoms with Crippen molar-refractivity contribution in [3.63, 3.8) is 0 Å². The first-order chi connectivity index (χ1) is 12.6. The SMILES string of the molecule is CCN(CC(=O)O)C1CC(NC(=O)NC(c2cccc(C)c2)C(C)(C)C)C1. The lowest BCUT2D eigenvalue weighted by Gasteiger charge is -2.42. The maximum atomic E-state index is 12.6. The van der Waals surface area contributed by atoms with Crippen molar-refractivity contribution < 1.29 is 14.7 Å². The molecule has 1 aliphatic rings. The van der Waals surface area contributed by atoms with Gasteiger partial charge >= 0.3 is 12.0 Å². The number of aryl methyl sites for hydroxylation is 1. The number of rotatable bonds is 7. The molecule has 3 N–H and O–H groups in total. The standard InChI is InChI=1S/C21H33N3O3/c1-6-24(13-18(25)26)17-11-16(12-17)22-20(27)23-19(21(3,4)5)15-9-7-8-14(2)10-15/h7-10,16-17,19H,6,11-13H2,1-5H3,(H,25,26)(H2,22,23,27). The van der Waals surface area contributed by atoms with Gasteiger partial charge in [-0.05, 0) is 37.3 Å². The largest absolute Gasteiger partial charge is 0.480 e. The fourth-order valence-electron chi connectivity index (χ4n) is 3.68. The highest BCUT2D eigenvalue weighted by Gasteiger charge is 2.35. The molecular weight excluding hydrogens is 342 g/mol. The summed E-state index contributed by atoms with van der Waals surface area (Å²) in [7, 11) is 0. The van der Waals surface area contributed by atoms with E-state index >= 15 is 0 Å². The van der Waals surface area contributed by atoms with Gasteiger partial charge in [0, 0.05) is 12.1 Å². The average molecular weight is 376 g/mol. The van der Waals surface area contributed by atoms with Crippen LogP contribution in [0.4, 0.5) is 4.79 Å². The number of carboxylic acid groups (broad SMARTS) is 1. The van der Waals surface area contributed by atoms with Gasteiger partial charge in [0.1, 0.15) is 0 Å². The Hall–Kier alpha value is -2.08. The van der Waals surface area contributed by atoms with Gasteiger partial charge in [-0.3, -0.25) is 9.69 Å². The number of nitrogens with zero attached hydrogens (tertiary/aromatic N) is 1. The van der Waals surface area contributed by atoms with Crippen molar-refractivity contribution in [2.24, 2.45) is 5.41 Å². The third-order valence-corrected chi connectivity index (χ3v) is 5.23. The summed E-state index contributed by atoms with van der Waals surface area (Å²) in [4.78, 5) is 25.4. The molecule has 6 nitrogen and oxygen atoms in total. The molecule has 0 spiro atoms. The Morgan fingerprint density at radius 3 is 2.48 bits per heavy atom. The molecule has 0 aliphatic heterocycles. The molecule has 27 heavy (non-hydrogen) atoms. The minimum absolute atomic E-state index is 0.0551. The van der Waals surface area contributed by atoms with Gasteiger partial charge in [0.15, 0.2) is 0 Å². The molecule has 2 rings (SSSR count).